The van der Waals surface area contributed by atoms with Crippen LogP contribution in [0.1, 0.15) is 31.2 Å². The first-order chi connectivity index (χ1) is 8.45. The highest BCUT2D eigenvalue weighted by atomic mass is 35.5. The fourth-order valence-corrected chi connectivity index (χ4v) is 2.56. The van der Waals surface area contributed by atoms with Gasteiger partial charge in [-0.15, -0.1) is 11.3 Å². The summed E-state index contributed by atoms with van der Waals surface area (Å²) in [5, 5.41) is 3.36. The molecule has 0 spiro atoms. The normalized spacial score (nSPS) is 11.6. The van der Waals surface area contributed by atoms with Crippen LogP contribution in [0.2, 0.25) is 4.47 Å². The van der Waals surface area contributed by atoms with Crippen molar-refractivity contribution in [3.05, 3.63) is 45.4 Å². The minimum atomic E-state index is 0.198. The number of hydrogen-bond acceptors (Lipinski definition) is 3. The molecular weight excluding hydrogens is 264 g/mol. The maximum absolute atomic E-state index is 5.79. The highest BCUT2D eigenvalue weighted by molar-refractivity contribution is 7.15. The first-order valence-electron chi connectivity index (χ1n) is 5.90. The van der Waals surface area contributed by atoms with Gasteiger partial charge in [0, 0.05) is 16.8 Å². The van der Waals surface area contributed by atoms with Crippen LogP contribution in [0.5, 0.6) is 0 Å². The third-order valence-electron chi connectivity index (χ3n) is 2.74. The molecule has 0 radical (unpaired) electrons. The molecule has 0 aliphatic heterocycles. The van der Waals surface area contributed by atoms with Crippen LogP contribution in [0, 0.1) is 0 Å². The summed E-state index contributed by atoms with van der Waals surface area (Å²) in [6.45, 7) is 7.41. The van der Waals surface area contributed by atoms with Gasteiger partial charge in [0.25, 0.3) is 0 Å². The lowest BCUT2D eigenvalue weighted by Gasteiger charge is -2.19. The van der Waals surface area contributed by atoms with E-state index in [1.165, 1.54) is 16.9 Å². The van der Waals surface area contributed by atoms with Crippen LogP contribution in [0.15, 0.2) is 30.5 Å². The Balaban J connectivity index is 1.98. The van der Waals surface area contributed by atoms with Crippen LogP contribution < -0.4 is 5.32 Å². The second-order valence-corrected chi connectivity index (χ2v) is 6.96. The molecule has 0 unspecified atom stereocenters. The van der Waals surface area contributed by atoms with Crippen LogP contribution in [0.4, 0.5) is 5.69 Å². The van der Waals surface area contributed by atoms with Gasteiger partial charge < -0.3 is 5.32 Å². The number of aromatic nitrogens is 1. The first kappa shape index (κ1) is 13.4. The second kappa shape index (κ2) is 5.29. The molecule has 0 bridgehead atoms. The van der Waals surface area contributed by atoms with Crippen LogP contribution >= 0.6 is 22.9 Å². The van der Waals surface area contributed by atoms with Crippen molar-refractivity contribution in [2.45, 2.75) is 32.7 Å². The standard InChI is InChI=1S/C14H17ClN2S/c1-14(2,3)10-4-6-11(7-5-10)16-8-12-9-17-13(15)18-12/h4-7,9,16H,8H2,1-3H3. The van der Waals surface area contributed by atoms with Crippen molar-refractivity contribution in [3.63, 3.8) is 0 Å². The van der Waals surface area contributed by atoms with Gasteiger partial charge in [-0.25, -0.2) is 4.98 Å². The van der Waals surface area contributed by atoms with Crippen LogP contribution in [0.3, 0.4) is 0 Å². The molecule has 18 heavy (non-hydrogen) atoms. The van der Waals surface area contributed by atoms with E-state index in [1.54, 1.807) is 0 Å². The summed E-state index contributed by atoms with van der Waals surface area (Å²) in [6, 6.07) is 8.57. The average molecular weight is 281 g/mol. The van der Waals surface area contributed by atoms with E-state index in [-0.39, 0.29) is 5.41 Å². The summed E-state index contributed by atoms with van der Waals surface area (Å²) in [6.07, 6.45) is 1.81. The van der Waals surface area contributed by atoms with E-state index < -0.39 is 0 Å². The van der Waals surface area contributed by atoms with E-state index in [0.717, 1.165) is 17.1 Å². The van der Waals surface area contributed by atoms with Crippen molar-refractivity contribution in [3.8, 4) is 0 Å². The second-order valence-electron chi connectivity index (χ2n) is 5.26. The number of nitrogens with zero attached hydrogens (tertiary/aromatic N) is 1. The van der Waals surface area contributed by atoms with E-state index in [0.29, 0.717) is 4.47 Å². The number of rotatable bonds is 3. The van der Waals surface area contributed by atoms with E-state index in [1.807, 2.05) is 6.20 Å². The largest absolute Gasteiger partial charge is 0.380 e. The Morgan fingerprint density at radius 1 is 1.22 bits per heavy atom. The minimum absolute atomic E-state index is 0.198. The third-order valence-corrected chi connectivity index (χ3v) is 3.86. The van der Waals surface area contributed by atoms with Crippen molar-refractivity contribution < 1.29 is 0 Å². The number of nitrogens with one attached hydrogen (secondary N) is 1. The highest BCUT2D eigenvalue weighted by Gasteiger charge is 2.12. The Morgan fingerprint density at radius 2 is 1.89 bits per heavy atom. The van der Waals surface area contributed by atoms with E-state index >= 15 is 0 Å². The number of anilines is 1. The van der Waals surface area contributed by atoms with Crippen molar-refractivity contribution in [2.75, 3.05) is 5.32 Å². The zero-order valence-corrected chi connectivity index (χ0v) is 12.4. The predicted molar refractivity (Wildman–Crippen MR) is 79.6 cm³/mol. The maximum atomic E-state index is 5.79. The average Bonchev–Trinajstić information content (AvgIpc) is 2.72. The molecule has 2 rings (SSSR count). The first-order valence-corrected chi connectivity index (χ1v) is 7.09. The summed E-state index contributed by atoms with van der Waals surface area (Å²) < 4.78 is 0.592. The summed E-state index contributed by atoms with van der Waals surface area (Å²) in [7, 11) is 0. The smallest absolute Gasteiger partial charge is 0.183 e. The van der Waals surface area contributed by atoms with Gasteiger partial charge in [-0.2, -0.15) is 0 Å². The molecule has 0 fully saturated rings. The number of thiazole rings is 1. The summed E-state index contributed by atoms with van der Waals surface area (Å²) >= 11 is 7.30. The molecule has 2 aromatic rings. The zero-order chi connectivity index (χ0) is 13.2. The Hall–Kier alpha value is -1.06. The topological polar surface area (TPSA) is 24.9 Å². The lowest BCUT2D eigenvalue weighted by molar-refractivity contribution is 0.590. The quantitative estimate of drug-likeness (QED) is 0.881. The van der Waals surface area contributed by atoms with Crippen LogP contribution in [-0.2, 0) is 12.0 Å². The predicted octanol–water partition coefficient (Wildman–Crippen LogP) is 4.71. The Kier molecular flexibility index (Phi) is 3.93. The van der Waals surface area contributed by atoms with Crippen LogP contribution in [0.25, 0.3) is 0 Å². The monoisotopic (exact) mass is 280 g/mol. The molecule has 0 saturated heterocycles. The van der Waals surface area contributed by atoms with E-state index in [9.17, 15) is 0 Å². The van der Waals surface area contributed by atoms with Gasteiger partial charge in [-0.3, -0.25) is 0 Å². The maximum Gasteiger partial charge on any atom is 0.183 e. The number of halogens is 1. The lowest BCUT2D eigenvalue weighted by atomic mass is 9.87. The van der Waals surface area contributed by atoms with Gasteiger partial charge >= 0.3 is 0 Å². The summed E-state index contributed by atoms with van der Waals surface area (Å²) in [5.41, 5.74) is 2.66. The zero-order valence-electron chi connectivity index (χ0n) is 10.8. The van der Waals surface area contributed by atoms with Crippen molar-refractivity contribution in [2.24, 2.45) is 0 Å². The van der Waals surface area contributed by atoms with Gasteiger partial charge in [0.2, 0.25) is 0 Å². The molecule has 0 aliphatic carbocycles. The number of hydrogen-bond donors (Lipinski definition) is 1. The van der Waals surface area contributed by atoms with E-state index in [4.69, 9.17) is 11.6 Å². The Morgan fingerprint density at radius 3 is 2.39 bits per heavy atom. The molecule has 2 nitrogen and oxygen atoms in total. The third kappa shape index (κ3) is 3.47. The van der Waals surface area contributed by atoms with Gasteiger partial charge in [0.15, 0.2) is 4.47 Å². The Labute approximate surface area is 117 Å². The fourth-order valence-electron chi connectivity index (χ4n) is 1.64. The van der Waals surface area contributed by atoms with Crippen molar-refractivity contribution in [1.82, 2.24) is 4.98 Å². The molecular formula is C14H17ClN2S. The fraction of sp³-hybridized carbons (Fsp3) is 0.357. The van der Waals surface area contributed by atoms with Crippen LogP contribution in [-0.4, -0.2) is 4.98 Å². The lowest BCUT2D eigenvalue weighted by Crippen LogP contribution is -2.10. The molecule has 96 valence electrons. The van der Waals surface area contributed by atoms with Crippen molar-refractivity contribution in [1.29, 1.82) is 0 Å². The molecule has 0 atom stereocenters. The Bertz CT molecular complexity index is 511. The van der Waals surface area contributed by atoms with E-state index in [2.05, 4.69) is 55.3 Å². The molecule has 1 aromatic heterocycles. The van der Waals surface area contributed by atoms with Gasteiger partial charge in [0.05, 0.1) is 6.54 Å². The summed E-state index contributed by atoms with van der Waals surface area (Å²) in [4.78, 5) is 5.16. The van der Waals surface area contributed by atoms with Gasteiger partial charge in [-0.1, -0.05) is 44.5 Å². The van der Waals surface area contributed by atoms with Gasteiger partial charge in [0.1, 0.15) is 0 Å². The molecule has 1 heterocycles. The molecule has 1 N–H and O–H groups in total. The minimum Gasteiger partial charge on any atom is -0.380 e. The highest BCUT2D eigenvalue weighted by Crippen LogP contribution is 2.24. The van der Waals surface area contributed by atoms with Crippen molar-refractivity contribution >= 4 is 28.6 Å². The summed E-state index contributed by atoms with van der Waals surface area (Å²) in [5.74, 6) is 0. The molecule has 0 aliphatic rings. The molecule has 0 saturated carbocycles. The molecule has 0 amide bonds. The molecule has 4 heteroatoms. The SMILES string of the molecule is CC(C)(C)c1ccc(NCc2cnc(Cl)s2)cc1. The molecule has 1 aromatic carbocycles. The van der Waals surface area contributed by atoms with Gasteiger partial charge in [-0.05, 0) is 23.1 Å². The number of benzene rings is 1.